The van der Waals surface area contributed by atoms with Crippen LogP contribution in [0.5, 0.6) is 0 Å². The van der Waals surface area contributed by atoms with Crippen LogP contribution < -0.4 is 5.32 Å². The van der Waals surface area contributed by atoms with Gasteiger partial charge in [0.15, 0.2) is 0 Å². The zero-order valence-electron chi connectivity index (χ0n) is 12.5. The molecule has 1 amide bonds. The summed E-state index contributed by atoms with van der Waals surface area (Å²) >= 11 is 0. The summed E-state index contributed by atoms with van der Waals surface area (Å²) in [6, 6.07) is 9.83. The Morgan fingerprint density at radius 3 is 2.82 bits per heavy atom. The number of rotatable bonds is 3. The van der Waals surface area contributed by atoms with E-state index < -0.39 is 0 Å². The SMILES string of the molecule is Cc1cnn(-c2ccccc2)c1NC(=O)C1CC2CCC1O2. The molecule has 0 spiro atoms. The fraction of sp³-hybridized carbons (Fsp3) is 0.412. The lowest BCUT2D eigenvalue weighted by Gasteiger charge is -2.18. The first-order chi connectivity index (χ1) is 10.7. The van der Waals surface area contributed by atoms with E-state index in [2.05, 4.69) is 10.4 Å². The van der Waals surface area contributed by atoms with Crippen LogP contribution in [-0.2, 0) is 9.53 Å². The van der Waals surface area contributed by atoms with Crippen LogP contribution in [0, 0.1) is 12.8 Å². The quantitative estimate of drug-likeness (QED) is 0.947. The van der Waals surface area contributed by atoms with E-state index in [1.165, 1.54) is 0 Å². The van der Waals surface area contributed by atoms with E-state index >= 15 is 0 Å². The van der Waals surface area contributed by atoms with E-state index in [0.29, 0.717) is 0 Å². The van der Waals surface area contributed by atoms with Crippen molar-refractivity contribution in [2.24, 2.45) is 5.92 Å². The van der Waals surface area contributed by atoms with E-state index in [-0.39, 0.29) is 24.0 Å². The number of aryl methyl sites for hydroxylation is 1. The summed E-state index contributed by atoms with van der Waals surface area (Å²) in [5, 5.41) is 7.45. The molecule has 22 heavy (non-hydrogen) atoms. The molecular weight excluding hydrogens is 278 g/mol. The first kappa shape index (κ1) is 13.5. The van der Waals surface area contributed by atoms with Gasteiger partial charge in [-0.05, 0) is 38.3 Å². The van der Waals surface area contributed by atoms with Crippen molar-refractivity contribution in [3.05, 3.63) is 42.1 Å². The second-order valence-corrected chi connectivity index (χ2v) is 6.13. The maximum absolute atomic E-state index is 12.6. The molecule has 114 valence electrons. The normalized spacial score (nSPS) is 26.3. The lowest BCUT2D eigenvalue weighted by Crippen LogP contribution is -2.31. The summed E-state index contributed by atoms with van der Waals surface area (Å²) < 4.78 is 7.57. The van der Waals surface area contributed by atoms with Crippen LogP contribution in [0.4, 0.5) is 5.82 Å². The summed E-state index contributed by atoms with van der Waals surface area (Å²) in [7, 11) is 0. The number of para-hydroxylation sites is 1. The number of amides is 1. The molecule has 2 aliphatic rings. The molecule has 2 aromatic rings. The number of hydrogen-bond acceptors (Lipinski definition) is 3. The molecule has 1 N–H and O–H groups in total. The van der Waals surface area contributed by atoms with Crippen LogP contribution in [0.1, 0.15) is 24.8 Å². The molecule has 0 saturated carbocycles. The molecule has 5 nitrogen and oxygen atoms in total. The maximum atomic E-state index is 12.6. The number of nitrogens with zero attached hydrogens (tertiary/aromatic N) is 2. The largest absolute Gasteiger partial charge is 0.374 e. The Hall–Kier alpha value is -2.14. The van der Waals surface area contributed by atoms with Gasteiger partial charge in [0.25, 0.3) is 0 Å². The summed E-state index contributed by atoms with van der Waals surface area (Å²) in [5.74, 6) is 0.768. The fourth-order valence-electron chi connectivity index (χ4n) is 3.47. The van der Waals surface area contributed by atoms with Crippen molar-refractivity contribution in [2.75, 3.05) is 5.32 Å². The Labute approximate surface area is 129 Å². The Bertz CT molecular complexity index is 695. The number of ether oxygens (including phenoxy) is 1. The van der Waals surface area contributed by atoms with Gasteiger partial charge in [0, 0.05) is 5.56 Å². The molecule has 2 bridgehead atoms. The smallest absolute Gasteiger partial charge is 0.231 e. The lowest BCUT2D eigenvalue weighted by atomic mass is 9.88. The number of aromatic nitrogens is 2. The number of benzene rings is 1. The van der Waals surface area contributed by atoms with Crippen LogP contribution in [0.25, 0.3) is 5.69 Å². The van der Waals surface area contributed by atoms with Gasteiger partial charge in [0.2, 0.25) is 5.91 Å². The van der Waals surface area contributed by atoms with Crippen LogP contribution >= 0.6 is 0 Å². The monoisotopic (exact) mass is 297 g/mol. The van der Waals surface area contributed by atoms with Gasteiger partial charge in [-0.1, -0.05) is 18.2 Å². The van der Waals surface area contributed by atoms with E-state index in [1.54, 1.807) is 10.9 Å². The Kier molecular flexibility index (Phi) is 3.22. The number of fused-ring (bicyclic) bond motifs is 2. The molecule has 3 unspecified atom stereocenters. The van der Waals surface area contributed by atoms with Crippen molar-refractivity contribution in [3.8, 4) is 5.69 Å². The van der Waals surface area contributed by atoms with Gasteiger partial charge in [-0.25, -0.2) is 4.68 Å². The zero-order valence-corrected chi connectivity index (χ0v) is 12.5. The van der Waals surface area contributed by atoms with E-state index in [0.717, 1.165) is 36.3 Å². The van der Waals surface area contributed by atoms with Crippen LogP contribution in [0.3, 0.4) is 0 Å². The molecule has 3 heterocycles. The van der Waals surface area contributed by atoms with Gasteiger partial charge in [0.05, 0.1) is 30.0 Å². The number of carbonyl (C=O) groups excluding carboxylic acids is 1. The van der Waals surface area contributed by atoms with Gasteiger partial charge < -0.3 is 10.1 Å². The van der Waals surface area contributed by atoms with Gasteiger partial charge in [-0.15, -0.1) is 0 Å². The predicted octanol–water partition coefficient (Wildman–Crippen LogP) is 2.69. The van der Waals surface area contributed by atoms with Crippen LogP contribution in [0.2, 0.25) is 0 Å². The standard InChI is InChI=1S/C17H19N3O2/c1-11-10-18-20(12-5-3-2-4-6-12)16(11)19-17(21)14-9-13-7-8-15(14)22-13/h2-6,10,13-15H,7-9H2,1H3,(H,19,21). The van der Waals surface area contributed by atoms with Crippen molar-refractivity contribution >= 4 is 11.7 Å². The highest BCUT2D eigenvalue weighted by atomic mass is 16.5. The molecule has 5 heteroatoms. The highest BCUT2D eigenvalue weighted by Crippen LogP contribution is 2.39. The Morgan fingerprint density at radius 1 is 1.32 bits per heavy atom. The molecular formula is C17H19N3O2. The van der Waals surface area contributed by atoms with Crippen molar-refractivity contribution < 1.29 is 9.53 Å². The van der Waals surface area contributed by atoms with Gasteiger partial charge in [0.1, 0.15) is 5.82 Å². The first-order valence-electron chi connectivity index (χ1n) is 7.79. The third-order valence-electron chi connectivity index (χ3n) is 4.64. The highest BCUT2D eigenvalue weighted by molar-refractivity contribution is 5.93. The molecule has 4 rings (SSSR count). The second-order valence-electron chi connectivity index (χ2n) is 6.13. The van der Waals surface area contributed by atoms with Crippen LogP contribution in [0.15, 0.2) is 36.5 Å². The number of hydrogen-bond donors (Lipinski definition) is 1. The number of nitrogens with one attached hydrogen (secondary N) is 1. The molecule has 2 fully saturated rings. The average molecular weight is 297 g/mol. The topological polar surface area (TPSA) is 56.2 Å². The highest BCUT2D eigenvalue weighted by Gasteiger charge is 2.44. The lowest BCUT2D eigenvalue weighted by molar-refractivity contribution is -0.121. The third-order valence-corrected chi connectivity index (χ3v) is 4.64. The number of anilines is 1. The fourth-order valence-corrected chi connectivity index (χ4v) is 3.47. The molecule has 0 radical (unpaired) electrons. The van der Waals surface area contributed by atoms with Crippen LogP contribution in [-0.4, -0.2) is 27.9 Å². The third kappa shape index (κ3) is 2.22. The van der Waals surface area contributed by atoms with Crippen molar-refractivity contribution in [2.45, 2.75) is 38.4 Å². The summed E-state index contributed by atoms with van der Waals surface area (Å²) in [6.07, 6.45) is 5.09. The number of carbonyl (C=O) groups is 1. The van der Waals surface area contributed by atoms with E-state index in [1.807, 2.05) is 37.3 Å². The minimum Gasteiger partial charge on any atom is -0.374 e. The van der Waals surface area contributed by atoms with E-state index in [9.17, 15) is 4.79 Å². The van der Waals surface area contributed by atoms with Crippen molar-refractivity contribution in [1.29, 1.82) is 0 Å². The second kappa shape index (κ2) is 5.25. The average Bonchev–Trinajstić information content (AvgIpc) is 3.25. The van der Waals surface area contributed by atoms with Gasteiger partial charge in [-0.2, -0.15) is 5.10 Å². The predicted molar refractivity (Wildman–Crippen MR) is 82.9 cm³/mol. The summed E-state index contributed by atoms with van der Waals surface area (Å²) in [5.41, 5.74) is 1.90. The minimum absolute atomic E-state index is 0.0303. The summed E-state index contributed by atoms with van der Waals surface area (Å²) in [6.45, 7) is 1.96. The first-order valence-corrected chi connectivity index (χ1v) is 7.79. The molecule has 2 saturated heterocycles. The molecule has 1 aromatic heterocycles. The van der Waals surface area contributed by atoms with Gasteiger partial charge >= 0.3 is 0 Å². The Balaban J connectivity index is 1.58. The Morgan fingerprint density at radius 2 is 2.14 bits per heavy atom. The maximum Gasteiger partial charge on any atom is 0.231 e. The van der Waals surface area contributed by atoms with Crippen molar-refractivity contribution in [3.63, 3.8) is 0 Å². The zero-order chi connectivity index (χ0) is 15.1. The molecule has 2 aliphatic heterocycles. The molecule has 3 atom stereocenters. The molecule has 0 aliphatic carbocycles. The summed E-state index contributed by atoms with van der Waals surface area (Å²) in [4.78, 5) is 12.6. The van der Waals surface area contributed by atoms with Gasteiger partial charge in [-0.3, -0.25) is 4.79 Å². The van der Waals surface area contributed by atoms with E-state index in [4.69, 9.17) is 4.74 Å². The molecule has 1 aromatic carbocycles. The van der Waals surface area contributed by atoms with Crippen molar-refractivity contribution in [1.82, 2.24) is 9.78 Å². The minimum atomic E-state index is -0.0303.